The molecule has 3 heterocycles. The molecule has 1 aromatic carbocycles. The van der Waals surface area contributed by atoms with Crippen LogP contribution in [-0.2, 0) is 17.9 Å². The van der Waals surface area contributed by atoms with Gasteiger partial charge in [0.05, 0.1) is 18.4 Å². The minimum Gasteiger partial charge on any atom is -0.370 e. The predicted octanol–water partition coefficient (Wildman–Crippen LogP) is 2.51. The van der Waals surface area contributed by atoms with E-state index < -0.39 is 0 Å². The molecule has 27 heavy (non-hydrogen) atoms. The maximum Gasteiger partial charge on any atom is 0.317 e. The number of piperidine rings is 1. The van der Waals surface area contributed by atoms with Crippen molar-refractivity contribution in [2.45, 2.75) is 32.1 Å². The van der Waals surface area contributed by atoms with Gasteiger partial charge in [0, 0.05) is 25.8 Å². The van der Waals surface area contributed by atoms with Crippen molar-refractivity contribution >= 4 is 17.1 Å². The summed E-state index contributed by atoms with van der Waals surface area (Å²) in [5.41, 5.74) is 3.24. The lowest BCUT2D eigenvalue weighted by molar-refractivity contribution is -0.00168. The summed E-state index contributed by atoms with van der Waals surface area (Å²) in [6, 6.07) is 11.3. The molecule has 0 spiro atoms. The topological polar surface area (TPSA) is 93.4 Å². The zero-order chi connectivity index (χ0) is 18.5. The molecule has 1 aliphatic rings. The number of hydrogen-bond donors (Lipinski definition) is 1. The number of hydrogen-bond acceptors (Lipinski definition) is 6. The van der Waals surface area contributed by atoms with Crippen molar-refractivity contribution in [1.82, 2.24) is 25.5 Å². The highest BCUT2D eigenvalue weighted by atomic mass is 16.6. The number of nitrogens with zero attached hydrogens (tertiary/aromatic N) is 4. The minimum absolute atomic E-state index is 0.0315. The van der Waals surface area contributed by atoms with Gasteiger partial charge in [0.1, 0.15) is 11.0 Å². The van der Waals surface area contributed by atoms with E-state index in [-0.39, 0.29) is 12.1 Å². The summed E-state index contributed by atoms with van der Waals surface area (Å²) >= 11 is 0. The number of benzene rings is 1. The van der Waals surface area contributed by atoms with Gasteiger partial charge in [-0.2, -0.15) is 0 Å². The van der Waals surface area contributed by atoms with E-state index in [1.54, 1.807) is 6.20 Å². The molecule has 1 N–H and O–H groups in total. The number of urea groups is 1. The molecule has 3 aromatic rings. The number of pyridine rings is 1. The Morgan fingerprint density at radius 2 is 2.19 bits per heavy atom. The van der Waals surface area contributed by atoms with Crippen LogP contribution in [0.15, 0.2) is 47.2 Å². The highest BCUT2D eigenvalue weighted by Crippen LogP contribution is 2.15. The van der Waals surface area contributed by atoms with Gasteiger partial charge in [0.15, 0.2) is 0 Å². The molecule has 0 bridgehead atoms. The second-order valence-corrected chi connectivity index (χ2v) is 6.59. The lowest BCUT2D eigenvalue weighted by Gasteiger charge is -2.32. The van der Waals surface area contributed by atoms with Gasteiger partial charge in [-0.3, -0.25) is 4.98 Å². The van der Waals surface area contributed by atoms with Crippen molar-refractivity contribution in [3.05, 3.63) is 53.9 Å². The van der Waals surface area contributed by atoms with Gasteiger partial charge in [-0.1, -0.05) is 12.1 Å². The molecule has 2 aromatic heterocycles. The minimum atomic E-state index is -0.0838. The van der Waals surface area contributed by atoms with Crippen LogP contribution in [-0.4, -0.2) is 45.4 Å². The molecule has 0 radical (unpaired) electrons. The first-order chi connectivity index (χ1) is 13.3. The standard InChI is InChI=1S/C19H21N5O3/c25-19(21-11-14-6-7-17-18(10-14)23-27-22-17)24-9-3-5-16(12-24)26-13-15-4-1-2-8-20-15/h1-2,4,6-8,10,16H,3,5,9,11-13H2,(H,21,25)/t16-/m0/s1. The van der Waals surface area contributed by atoms with Crippen LogP contribution >= 0.6 is 0 Å². The van der Waals surface area contributed by atoms with E-state index in [0.717, 1.165) is 30.6 Å². The van der Waals surface area contributed by atoms with Crippen LogP contribution in [0.2, 0.25) is 0 Å². The number of likely N-dealkylation sites (tertiary alicyclic amines) is 1. The molecule has 1 fully saturated rings. The molecule has 1 saturated heterocycles. The Bertz CT molecular complexity index is 899. The predicted molar refractivity (Wildman–Crippen MR) is 97.7 cm³/mol. The van der Waals surface area contributed by atoms with Crippen LogP contribution in [0.1, 0.15) is 24.1 Å². The first kappa shape index (κ1) is 17.4. The maximum absolute atomic E-state index is 12.5. The number of amides is 2. The van der Waals surface area contributed by atoms with Crippen molar-refractivity contribution in [2.75, 3.05) is 13.1 Å². The Morgan fingerprint density at radius 3 is 3.07 bits per heavy atom. The van der Waals surface area contributed by atoms with E-state index in [0.29, 0.717) is 30.7 Å². The summed E-state index contributed by atoms with van der Waals surface area (Å²) in [5, 5.41) is 10.6. The van der Waals surface area contributed by atoms with Crippen LogP contribution in [0, 0.1) is 0 Å². The number of fused-ring (bicyclic) bond motifs is 1. The van der Waals surface area contributed by atoms with Gasteiger partial charge in [0.25, 0.3) is 0 Å². The van der Waals surface area contributed by atoms with Crippen molar-refractivity contribution in [1.29, 1.82) is 0 Å². The van der Waals surface area contributed by atoms with E-state index in [1.807, 2.05) is 41.3 Å². The molecule has 1 aliphatic heterocycles. The van der Waals surface area contributed by atoms with Gasteiger partial charge in [-0.05, 0) is 53.0 Å². The number of carbonyl (C=O) groups excluding carboxylic acids is 1. The van der Waals surface area contributed by atoms with Crippen molar-refractivity contribution < 1.29 is 14.2 Å². The molecule has 2 amide bonds. The van der Waals surface area contributed by atoms with Gasteiger partial charge in [-0.15, -0.1) is 0 Å². The summed E-state index contributed by atoms with van der Waals surface area (Å²) in [7, 11) is 0. The molecule has 4 rings (SSSR count). The first-order valence-electron chi connectivity index (χ1n) is 9.03. The van der Waals surface area contributed by atoms with E-state index >= 15 is 0 Å². The molecule has 1 atom stereocenters. The Balaban J connectivity index is 1.27. The van der Waals surface area contributed by atoms with E-state index in [2.05, 4.69) is 20.6 Å². The average Bonchev–Trinajstić information content (AvgIpc) is 3.19. The highest BCUT2D eigenvalue weighted by Gasteiger charge is 2.24. The Labute approximate surface area is 156 Å². The third kappa shape index (κ3) is 4.40. The van der Waals surface area contributed by atoms with Crippen LogP contribution in [0.4, 0.5) is 4.79 Å². The second kappa shape index (κ2) is 8.13. The lowest BCUT2D eigenvalue weighted by atomic mass is 10.1. The van der Waals surface area contributed by atoms with Crippen LogP contribution in [0.25, 0.3) is 11.0 Å². The van der Waals surface area contributed by atoms with Crippen molar-refractivity contribution in [2.24, 2.45) is 0 Å². The van der Waals surface area contributed by atoms with Crippen LogP contribution < -0.4 is 5.32 Å². The molecule has 8 nitrogen and oxygen atoms in total. The van der Waals surface area contributed by atoms with Gasteiger partial charge < -0.3 is 15.0 Å². The number of carbonyl (C=O) groups is 1. The number of rotatable bonds is 5. The summed E-state index contributed by atoms with van der Waals surface area (Å²) in [6.07, 6.45) is 3.67. The first-order valence-corrected chi connectivity index (χ1v) is 9.03. The van der Waals surface area contributed by atoms with Crippen molar-refractivity contribution in [3.63, 3.8) is 0 Å². The quantitative estimate of drug-likeness (QED) is 0.745. The van der Waals surface area contributed by atoms with E-state index in [9.17, 15) is 4.79 Å². The molecular formula is C19H21N5O3. The van der Waals surface area contributed by atoms with Crippen LogP contribution in [0.3, 0.4) is 0 Å². The van der Waals surface area contributed by atoms with Gasteiger partial charge in [-0.25, -0.2) is 9.42 Å². The second-order valence-electron chi connectivity index (χ2n) is 6.59. The summed E-state index contributed by atoms with van der Waals surface area (Å²) < 4.78 is 10.6. The fourth-order valence-corrected chi connectivity index (χ4v) is 3.17. The maximum atomic E-state index is 12.5. The number of nitrogens with one attached hydrogen (secondary N) is 1. The van der Waals surface area contributed by atoms with Gasteiger partial charge >= 0.3 is 6.03 Å². The summed E-state index contributed by atoms with van der Waals surface area (Å²) in [4.78, 5) is 18.6. The van der Waals surface area contributed by atoms with E-state index in [4.69, 9.17) is 9.37 Å². The summed E-state index contributed by atoms with van der Waals surface area (Å²) in [6.45, 7) is 2.22. The van der Waals surface area contributed by atoms with Crippen LogP contribution in [0.5, 0.6) is 0 Å². The zero-order valence-electron chi connectivity index (χ0n) is 14.9. The normalized spacial score (nSPS) is 17.2. The monoisotopic (exact) mass is 367 g/mol. The third-order valence-electron chi connectivity index (χ3n) is 4.62. The zero-order valence-corrected chi connectivity index (χ0v) is 14.9. The van der Waals surface area contributed by atoms with E-state index in [1.165, 1.54) is 0 Å². The SMILES string of the molecule is O=C(NCc1ccc2nonc2c1)N1CCC[C@H](OCc2ccccn2)C1. The van der Waals surface area contributed by atoms with Crippen molar-refractivity contribution in [3.8, 4) is 0 Å². The fourth-order valence-electron chi connectivity index (χ4n) is 3.17. The summed E-state index contributed by atoms with van der Waals surface area (Å²) in [5.74, 6) is 0. The lowest BCUT2D eigenvalue weighted by Crippen LogP contribution is -2.47. The molecule has 8 heteroatoms. The highest BCUT2D eigenvalue weighted by molar-refractivity contribution is 5.75. The largest absolute Gasteiger partial charge is 0.370 e. The molecule has 140 valence electrons. The Morgan fingerprint density at radius 1 is 1.26 bits per heavy atom. The Hall–Kier alpha value is -3.00. The van der Waals surface area contributed by atoms with Gasteiger partial charge in [0.2, 0.25) is 0 Å². The third-order valence-corrected chi connectivity index (χ3v) is 4.62. The smallest absolute Gasteiger partial charge is 0.317 e. The molecule has 0 unspecified atom stereocenters. The Kier molecular flexibility index (Phi) is 5.24. The average molecular weight is 367 g/mol. The molecule has 0 saturated carbocycles. The fraction of sp³-hybridized carbons (Fsp3) is 0.368. The number of ether oxygens (including phenoxy) is 1. The molecular weight excluding hydrogens is 346 g/mol. The molecule has 0 aliphatic carbocycles. The number of aromatic nitrogens is 3.